The molecule has 2 fully saturated rings. The molecule has 1 aliphatic carbocycles. The van der Waals surface area contributed by atoms with Crippen molar-refractivity contribution in [1.29, 1.82) is 0 Å². The van der Waals surface area contributed by atoms with Gasteiger partial charge in [0.25, 0.3) is 0 Å². The highest BCUT2D eigenvalue weighted by Crippen LogP contribution is 2.29. The molecule has 3 rings (SSSR count). The molecule has 0 amide bonds. The van der Waals surface area contributed by atoms with Crippen molar-refractivity contribution < 1.29 is 9.47 Å². The van der Waals surface area contributed by atoms with Crippen molar-refractivity contribution in [3.05, 3.63) is 29.8 Å². The maximum absolute atomic E-state index is 5.76. The van der Waals surface area contributed by atoms with Crippen LogP contribution in [0.25, 0.3) is 0 Å². The fraction of sp³-hybridized carbons (Fsp3) is 0.600. The summed E-state index contributed by atoms with van der Waals surface area (Å²) in [7, 11) is 0. The third-order valence-corrected chi connectivity index (χ3v) is 3.90. The second kappa shape index (κ2) is 5.90. The van der Waals surface area contributed by atoms with Gasteiger partial charge in [-0.25, -0.2) is 0 Å². The highest BCUT2D eigenvalue weighted by atomic mass is 16.5. The SMILES string of the molecule is NNC(CC1CCOC1)c1ccc(OC2CC2)cc1. The molecule has 4 nitrogen and oxygen atoms in total. The molecular formula is C15H22N2O2. The topological polar surface area (TPSA) is 56.5 Å². The second-order valence-corrected chi connectivity index (χ2v) is 5.57. The predicted octanol–water partition coefficient (Wildman–Crippen LogP) is 2.16. The second-order valence-electron chi connectivity index (χ2n) is 5.57. The van der Waals surface area contributed by atoms with Crippen molar-refractivity contribution >= 4 is 0 Å². The van der Waals surface area contributed by atoms with E-state index in [2.05, 4.69) is 17.6 Å². The number of benzene rings is 1. The van der Waals surface area contributed by atoms with Gasteiger partial charge in [0.05, 0.1) is 6.10 Å². The Hall–Kier alpha value is -1.10. The van der Waals surface area contributed by atoms with Gasteiger partial charge in [-0.1, -0.05) is 12.1 Å². The van der Waals surface area contributed by atoms with Crippen LogP contribution in [0, 0.1) is 5.92 Å². The summed E-state index contributed by atoms with van der Waals surface area (Å²) in [4.78, 5) is 0. The zero-order valence-corrected chi connectivity index (χ0v) is 11.2. The fourth-order valence-electron chi connectivity index (χ4n) is 2.56. The average Bonchev–Trinajstić information content (AvgIpc) is 3.10. The monoisotopic (exact) mass is 262 g/mol. The first-order valence-corrected chi connectivity index (χ1v) is 7.15. The Kier molecular flexibility index (Phi) is 4.01. The highest BCUT2D eigenvalue weighted by Gasteiger charge is 2.24. The van der Waals surface area contributed by atoms with Crippen molar-refractivity contribution in [2.24, 2.45) is 11.8 Å². The number of nitrogens with one attached hydrogen (secondary N) is 1. The van der Waals surface area contributed by atoms with Gasteiger partial charge in [0.2, 0.25) is 0 Å². The summed E-state index contributed by atoms with van der Waals surface area (Å²) in [5, 5.41) is 0. The van der Waals surface area contributed by atoms with Crippen molar-refractivity contribution in [2.45, 2.75) is 37.8 Å². The summed E-state index contributed by atoms with van der Waals surface area (Å²) in [6, 6.07) is 8.50. The minimum atomic E-state index is 0.196. The standard InChI is InChI=1S/C15H22N2O2/c16-17-15(9-11-7-8-18-10-11)12-1-3-13(4-2-12)19-14-5-6-14/h1-4,11,14-15,17H,5-10,16H2. The Morgan fingerprint density at radius 3 is 2.63 bits per heavy atom. The molecule has 0 bridgehead atoms. The minimum absolute atomic E-state index is 0.196. The number of hydrogen-bond donors (Lipinski definition) is 2. The lowest BCUT2D eigenvalue weighted by Gasteiger charge is -2.19. The van der Waals surface area contributed by atoms with Crippen molar-refractivity contribution in [3.63, 3.8) is 0 Å². The van der Waals surface area contributed by atoms with Gasteiger partial charge in [-0.2, -0.15) is 0 Å². The van der Waals surface area contributed by atoms with E-state index in [0.717, 1.165) is 31.8 Å². The molecule has 0 aromatic heterocycles. The molecule has 1 aliphatic heterocycles. The molecule has 2 atom stereocenters. The molecule has 1 saturated heterocycles. The number of hydrazine groups is 1. The molecule has 4 heteroatoms. The van der Waals surface area contributed by atoms with E-state index < -0.39 is 0 Å². The molecular weight excluding hydrogens is 240 g/mol. The molecule has 1 aromatic rings. The van der Waals surface area contributed by atoms with E-state index in [1.807, 2.05) is 12.1 Å². The van der Waals surface area contributed by atoms with Crippen LogP contribution in [-0.2, 0) is 4.74 Å². The van der Waals surface area contributed by atoms with E-state index in [-0.39, 0.29) is 6.04 Å². The number of hydrogen-bond acceptors (Lipinski definition) is 4. The molecule has 2 unspecified atom stereocenters. The largest absolute Gasteiger partial charge is 0.490 e. The highest BCUT2D eigenvalue weighted by molar-refractivity contribution is 5.29. The third kappa shape index (κ3) is 3.47. The lowest BCUT2D eigenvalue weighted by Crippen LogP contribution is -2.29. The zero-order valence-electron chi connectivity index (χ0n) is 11.2. The number of ether oxygens (including phenoxy) is 2. The van der Waals surface area contributed by atoms with Gasteiger partial charge in [-0.15, -0.1) is 0 Å². The van der Waals surface area contributed by atoms with Crippen LogP contribution in [0.2, 0.25) is 0 Å². The normalized spacial score (nSPS) is 24.4. The van der Waals surface area contributed by atoms with E-state index >= 15 is 0 Å². The zero-order chi connectivity index (χ0) is 13.1. The van der Waals surface area contributed by atoms with Crippen LogP contribution in [0.4, 0.5) is 0 Å². The van der Waals surface area contributed by atoms with Crippen LogP contribution in [0.1, 0.15) is 37.3 Å². The van der Waals surface area contributed by atoms with Gasteiger partial charge >= 0.3 is 0 Å². The average molecular weight is 262 g/mol. The quantitative estimate of drug-likeness (QED) is 0.609. The lowest BCUT2D eigenvalue weighted by molar-refractivity contribution is 0.181. The molecule has 1 heterocycles. The lowest BCUT2D eigenvalue weighted by atomic mass is 9.94. The molecule has 19 heavy (non-hydrogen) atoms. The van der Waals surface area contributed by atoms with E-state index in [1.165, 1.54) is 18.4 Å². The molecule has 0 radical (unpaired) electrons. The Balaban J connectivity index is 1.60. The molecule has 1 aromatic carbocycles. The van der Waals surface area contributed by atoms with Crippen LogP contribution in [-0.4, -0.2) is 19.3 Å². The maximum Gasteiger partial charge on any atom is 0.119 e. The van der Waals surface area contributed by atoms with E-state index in [4.69, 9.17) is 15.3 Å². The molecule has 1 saturated carbocycles. The van der Waals surface area contributed by atoms with Gasteiger partial charge < -0.3 is 9.47 Å². The van der Waals surface area contributed by atoms with Crippen LogP contribution in [0.3, 0.4) is 0 Å². The third-order valence-electron chi connectivity index (χ3n) is 3.90. The first kappa shape index (κ1) is 12.9. The maximum atomic E-state index is 5.76. The van der Waals surface area contributed by atoms with Gasteiger partial charge in [0, 0.05) is 19.3 Å². The summed E-state index contributed by atoms with van der Waals surface area (Å²) < 4.78 is 11.2. The van der Waals surface area contributed by atoms with E-state index in [0.29, 0.717) is 12.0 Å². The Labute approximate surface area is 114 Å². The number of nitrogens with two attached hydrogens (primary N) is 1. The summed E-state index contributed by atoms with van der Waals surface area (Å²) >= 11 is 0. The smallest absolute Gasteiger partial charge is 0.119 e. The molecule has 0 spiro atoms. The van der Waals surface area contributed by atoms with Gasteiger partial charge in [-0.05, 0) is 49.3 Å². The summed E-state index contributed by atoms with van der Waals surface area (Å²) in [5.41, 5.74) is 4.14. The fourth-order valence-corrected chi connectivity index (χ4v) is 2.56. The Morgan fingerprint density at radius 1 is 1.26 bits per heavy atom. The molecule has 3 N–H and O–H groups in total. The van der Waals surface area contributed by atoms with Crippen molar-refractivity contribution in [3.8, 4) is 5.75 Å². The summed E-state index contributed by atoms with van der Waals surface area (Å²) in [5.74, 6) is 7.27. The Morgan fingerprint density at radius 2 is 2.05 bits per heavy atom. The Bertz CT molecular complexity index is 397. The van der Waals surface area contributed by atoms with Crippen LogP contribution in [0.5, 0.6) is 5.75 Å². The van der Waals surface area contributed by atoms with Crippen molar-refractivity contribution in [1.82, 2.24) is 5.43 Å². The van der Waals surface area contributed by atoms with Crippen LogP contribution in [0.15, 0.2) is 24.3 Å². The van der Waals surface area contributed by atoms with Crippen LogP contribution < -0.4 is 16.0 Å². The molecule has 104 valence electrons. The van der Waals surface area contributed by atoms with Crippen LogP contribution >= 0.6 is 0 Å². The number of rotatable bonds is 6. The summed E-state index contributed by atoms with van der Waals surface area (Å²) in [6.45, 7) is 1.75. The minimum Gasteiger partial charge on any atom is -0.490 e. The first-order chi connectivity index (χ1) is 9.35. The van der Waals surface area contributed by atoms with Gasteiger partial charge in [0.1, 0.15) is 5.75 Å². The first-order valence-electron chi connectivity index (χ1n) is 7.15. The van der Waals surface area contributed by atoms with E-state index in [9.17, 15) is 0 Å². The van der Waals surface area contributed by atoms with E-state index in [1.54, 1.807) is 0 Å². The van der Waals surface area contributed by atoms with Gasteiger partial charge in [-0.3, -0.25) is 11.3 Å². The molecule has 2 aliphatic rings. The van der Waals surface area contributed by atoms with Gasteiger partial charge in [0.15, 0.2) is 0 Å². The van der Waals surface area contributed by atoms with Crippen molar-refractivity contribution in [2.75, 3.05) is 13.2 Å². The summed E-state index contributed by atoms with van der Waals surface area (Å²) in [6.07, 6.45) is 5.00. The predicted molar refractivity (Wildman–Crippen MR) is 73.7 cm³/mol.